The Balaban J connectivity index is 1.92. The highest BCUT2D eigenvalue weighted by Gasteiger charge is 2.15. The molecule has 0 atom stereocenters. The van der Waals surface area contributed by atoms with Gasteiger partial charge in [0.1, 0.15) is 18.2 Å². The van der Waals surface area contributed by atoms with Crippen molar-refractivity contribution in [2.24, 2.45) is 0 Å². The molecule has 8 heteroatoms. The fraction of sp³-hybridized carbons (Fsp3) is 0.133. The molecule has 0 spiro atoms. The molecule has 1 amide bonds. The van der Waals surface area contributed by atoms with Gasteiger partial charge in [-0.25, -0.2) is 14.4 Å². The molecule has 3 aromatic rings. The number of imidazole rings is 1. The fourth-order valence-corrected chi connectivity index (χ4v) is 2.31. The number of amides is 1. The molecular formula is C15H12ClFN4O2. The third-order valence-electron chi connectivity index (χ3n) is 3.14. The summed E-state index contributed by atoms with van der Waals surface area (Å²) in [7, 11) is 1.55. The molecule has 23 heavy (non-hydrogen) atoms. The zero-order valence-electron chi connectivity index (χ0n) is 12.1. The van der Waals surface area contributed by atoms with Crippen LogP contribution in [0, 0.1) is 5.82 Å². The molecule has 2 aromatic heterocycles. The molecule has 0 fully saturated rings. The van der Waals surface area contributed by atoms with Gasteiger partial charge in [0.2, 0.25) is 0 Å². The van der Waals surface area contributed by atoms with Crippen molar-refractivity contribution in [3.63, 3.8) is 0 Å². The number of hydrogen-bond acceptors (Lipinski definition) is 4. The minimum absolute atomic E-state index is 0.0633. The second kappa shape index (κ2) is 6.31. The number of methoxy groups -OCH3 is 1. The van der Waals surface area contributed by atoms with E-state index in [4.69, 9.17) is 16.3 Å². The van der Waals surface area contributed by atoms with Crippen LogP contribution >= 0.6 is 11.6 Å². The Bertz CT molecular complexity index is 881. The van der Waals surface area contributed by atoms with Gasteiger partial charge in [-0.15, -0.1) is 0 Å². The minimum Gasteiger partial charge on any atom is -0.377 e. The van der Waals surface area contributed by atoms with Crippen molar-refractivity contribution in [2.45, 2.75) is 6.61 Å². The third kappa shape index (κ3) is 3.15. The number of aromatic nitrogens is 3. The number of fused-ring (bicyclic) bond motifs is 1. The van der Waals surface area contributed by atoms with Crippen molar-refractivity contribution < 1.29 is 13.9 Å². The number of nitrogens with zero attached hydrogens (tertiary/aromatic N) is 2. The second-order valence-corrected chi connectivity index (χ2v) is 5.16. The molecule has 6 nitrogen and oxygen atoms in total. The molecule has 118 valence electrons. The van der Waals surface area contributed by atoms with E-state index in [1.54, 1.807) is 13.2 Å². The molecule has 0 aliphatic rings. The highest BCUT2D eigenvalue weighted by atomic mass is 35.5. The van der Waals surface area contributed by atoms with Crippen molar-refractivity contribution >= 4 is 34.4 Å². The van der Waals surface area contributed by atoms with E-state index in [-0.39, 0.29) is 17.5 Å². The lowest BCUT2D eigenvalue weighted by molar-refractivity contribution is 0.102. The van der Waals surface area contributed by atoms with E-state index in [1.165, 1.54) is 24.4 Å². The molecule has 0 bridgehead atoms. The number of hydrogen-bond donors (Lipinski definition) is 2. The van der Waals surface area contributed by atoms with Gasteiger partial charge in [-0.3, -0.25) is 4.79 Å². The number of ether oxygens (including phenoxy) is 1. The molecule has 0 aliphatic heterocycles. The average molecular weight is 335 g/mol. The van der Waals surface area contributed by atoms with Crippen molar-refractivity contribution in [3.8, 4) is 0 Å². The van der Waals surface area contributed by atoms with Gasteiger partial charge in [-0.05, 0) is 24.3 Å². The topological polar surface area (TPSA) is 79.9 Å². The fourth-order valence-electron chi connectivity index (χ4n) is 2.13. The van der Waals surface area contributed by atoms with Crippen molar-refractivity contribution in [1.29, 1.82) is 0 Å². The number of pyridine rings is 1. The van der Waals surface area contributed by atoms with E-state index < -0.39 is 5.82 Å². The predicted molar refractivity (Wildman–Crippen MR) is 84.0 cm³/mol. The van der Waals surface area contributed by atoms with Gasteiger partial charge < -0.3 is 15.0 Å². The summed E-state index contributed by atoms with van der Waals surface area (Å²) in [6.07, 6.45) is 1.49. The quantitative estimate of drug-likeness (QED) is 0.768. The van der Waals surface area contributed by atoms with E-state index in [2.05, 4.69) is 20.3 Å². The van der Waals surface area contributed by atoms with Gasteiger partial charge in [0.05, 0.1) is 16.1 Å². The molecule has 3 rings (SSSR count). The van der Waals surface area contributed by atoms with Crippen LogP contribution in [0.15, 0.2) is 30.5 Å². The Morgan fingerprint density at radius 3 is 3.00 bits per heavy atom. The summed E-state index contributed by atoms with van der Waals surface area (Å²) >= 11 is 5.71. The summed E-state index contributed by atoms with van der Waals surface area (Å²) in [6.45, 7) is 0.283. The number of carbonyl (C=O) groups is 1. The molecular weight excluding hydrogens is 323 g/mol. The van der Waals surface area contributed by atoms with E-state index in [1.807, 2.05) is 0 Å². The van der Waals surface area contributed by atoms with Crippen LogP contribution in [-0.4, -0.2) is 28.0 Å². The Kier molecular flexibility index (Phi) is 4.22. The smallest absolute Gasteiger partial charge is 0.257 e. The first-order valence-corrected chi connectivity index (χ1v) is 7.05. The summed E-state index contributed by atoms with van der Waals surface area (Å²) < 4.78 is 18.2. The van der Waals surface area contributed by atoms with E-state index >= 15 is 0 Å². The maximum atomic E-state index is 13.2. The zero-order valence-corrected chi connectivity index (χ0v) is 12.8. The van der Waals surface area contributed by atoms with Crippen molar-refractivity contribution in [3.05, 3.63) is 52.7 Å². The number of halogens is 2. The van der Waals surface area contributed by atoms with Crippen LogP contribution in [0.1, 0.15) is 16.2 Å². The lowest BCUT2D eigenvalue weighted by Crippen LogP contribution is -2.12. The Hall–Kier alpha value is -2.51. The molecule has 0 saturated carbocycles. The molecule has 2 heterocycles. The lowest BCUT2D eigenvalue weighted by Gasteiger charge is -2.06. The average Bonchev–Trinajstić information content (AvgIpc) is 2.93. The van der Waals surface area contributed by atoms with Gasteiger partial charge in [0.25, 0.3) is 5.91 Å². The predicted octanol–water partition coefficient (Wildman–Crippen LogP) is 3.15. The summed E-state index contributed by atoms with van der Waals surface area (Å²) in [5.74, 6) is -0.360. The van der Waals surface area contributed by atoms with Crippen LogP contribution < -0.4 is 5.32 Å². The van der Waals surface area contributed by atoms with Gasteiger partial charge in [-0.1, -0.05) is 11.6 Å². The minimum atomic E-state index is -0.547. The standard InChI is InChI=1S/C15H12ClFN4O2/c1-23-7-12-20-13-9(4-5-18-14(13)21-12)15(22)19-8-2-3-11(17)10(16)6-8/h2-6H,7H2,1H3,(H,19,22)(H,18,20,21). The van der Waals surface area contributed by atoms with Crippen LogP contribution in [0.2, 0.25) is 5.02 Å². The summed E-state index contributed by atoms with van der Waals surface area (Å²) in [5.41, 5.74) is 1.68. The third-order valence-corrected chi connectivity index (χ3v) is 3.43. The summed E-state index contributed by atoms with van der Waals surface area (Å²) in [6, 6.07) is 5.53. The maximum absolute atomic E-state index is 13.2. The van der Waals surface area contributed by atoms with Crippen LogP contribution in [0.3, 0.4) is 0 Å². The molecule has 1 aromatic carbocycles. The second-order valence-electron chi connectivity index (χ2n) is 4.76. The number of benzene rings is 1. The Morgan fingerprint density at radius 1 is 1.43 bits per heavy atom. The highest BCUT2D eigenvalue weighted by Crippen LogP contribution is 2.21. The first kappa shape index (κ1) is 15.4. The number of anilines is 1. The first-order valence-electron chi connectivity index (χ1n) is 6.67. The van der Waals surface area contributed by atoms with E-state index in [0.717, 1.165) is 0 Å². The van der Waals surface area contributed by atoms with Crippen LogP contribution in [0.5, 0.6) is 0 Å². The number of nitrogens with one attached hydrogen (secondary N) is 2. The van der Waals surface area contributed by atoms with Gasteiger partial charge in [0, 0.05) is 19.0 Å². The van der Waals surface area contributed by atoms with Gasteiger partial charge >= 0.3 is 0 Å². The summed E-state index contributed by atoms with van der Waals surface area (Å²) in [4.78, 5) is 23.8. The first-order chi connectivity index (χ1) is 11.1. The van der Waals surface area contributed by atoms with Crippen molar-refractivity contribution in [1.82, 2.24) is 15.0 Å². The lowest BCUT2D eigenvalue weighted by atomic mass is 10.2. The van der Waals surface area contributed by atoms with Gasteiger partial charge in [-0.2, -0.15) is 0 Å². The molecule has 0 radical (unpaired) electrons. The van der Waals surface area contributed by atoms with Crippen LogP contribution in [0.4, 0.5) is 10.1 Å². The normalized spacial score (nSPS) is 10.9. The number of aromatic amines is 1. The van der Waals surface area contributed by atoms with Crippen molar-refractivity contribution in [2.75, 3.05) is 12.4 Å². The van der Waals surface area contributed by atoms with Crippen LogP contribution in [0.25, 0.3) is 11.2 Å². The molecule has 0 saturated heterocycles. The van der Waals surface area contributed by atoms with E-state index in [9.17, 15) is 9.18 Å². The highest BCUT2D eigenvalue weighted by molar-refractivity contribution is 6.31. The van der Waals surface area contributed by atoms with Crippen LogP contribution in [-0.2, 0) is 11.3 Å². The van der Waals surface area contributed by atoms with E-state index in [0.29, 0.717) is 28.2 Å². The molecule has 2 N–H and O–H groups in total. The number of H-pyrrole nitrogens is 1. The zero-order chi connectivity index (χ0) is 16.4. The maximum Gasteiger partial charge on any atom is 0.257 e. The number of carbonyl (C=O) groups excluding carboxylic acids is 1. The number of rotatable bonds is 4. The summed E-state index contributed by atoms with van der Waals surface area (Å²) in [5, 5.41) is 2.60. The largest absolute Gasteiger partial charge is 0.377 e. The van der Waals surface area contributed by atoms with Gasteiger partial charge in [0.15, 0.2) is 5.65 Å². The molecule has 0 aliphatic carbocycles. The SMILES string of the molecule is COCc1nc2nccc(C(=O)Nc3ccc(F)c(Cl)c3)c2[nH]1. The Morgan fingerprint density at radius 2 is 2.26 bits per heavy atom. The monoisotopic (exact) mass is 334 g/mol. The Labute approximate surface area is 135 Å². The molecule has 0 unspecified atom stereocenters.